The van der Waals surface area contributed by atoms with E-state index in [4.69, 9.17) is 58.0 Å². The fraction of sp³-hybridized carbons (Fsp3) is 1.00. The first-order chi connectivity index (χ1) is 4.15. The van der Waals surface area contributed by atoms with Crippen molar-refractivity contribution in [3.63, 3.8) is 0 Å². The summed E-state index contributed by atoms with van der Waals surface area (Å²) >= 11 is 26.1. The lowest BCUT2D eigenvalue weighted by molar-refractivity contribution is 0.315. The summed E-state index contributed by atoms with van der Waals surface area (Å²) in [6.45, 7) is 1.21. The third kappa shape index (κ3) is 3.68. The van der Waals surface area contributed by atoms with Crippen LogP contribution in [0.3, 0.4) is 0 Å². The minimum atomic E-state index is -2.07. The van der Waals surface area contributed by atoms with Crippen LogP contribution in [-0.4, -0.2) is 14.3 Å². The summed E-state index contributed by atoms with van der Waals surface area (Å²) < 4.78 is 9.01. The molecule has 1 unspecified atom stereocenters. The van der Waals surface area contributed by atoms with Crippen molar-refractivity contribution in [1.82, 2.24) is 0 Å². The number of hydrogen-bond acceptors (Lipinski definition) is 0. The molecule has 0 bridgehead atoms. The van der Waals surface area contributed by atoms with Crippen LogP contribution in [0.5, 0.6) is 0 Å². The van der Waals surface area contributed by atoms with Crippen molar-refractivity contribution >= 4 is 58.0 Å². The molecule has 0 saturated carbocycles. The summed E-state index contributed by atoms with van der Waals surface area (Å²) in [6.07, 6.45) is -1.91. The monoisotopic (exact) mass is 246 g/mol. The van der Waals surface area contributed by atoms with Gasteiger partial charge in [-0.05, 0) is 6.92 Å². The Hall–Kier alpha value is 1.38. The van der Waals surface area contributed by atoms with Crippen LogP contribution in [-0.2, 0) is 0 Å². The smallest absolute Gasteiger partial charge is 0.224 e. The van der Waals surface area contributed by atoms with Crippen molar-refractivity contribution in [2.45, 2.75) is 21.2 Å². The van der Waals surface area contributed by atoms with Gasteiger partial charge in [-0.25, -0.2) is 4.39 Å². The molecule has 0 spiro atoms. The molecule has 0 amide bonds. The molecule has 6 heteroatoms. The van der Waals surface area contributed by atoms with E-state index in [1.165, 1.54) is 6.92 Å². The standard InChI is InChI=1S/C4H4Cl5F/c1-3(5,6)2(10)4(7,8)9/h2H,1H3. The van der Waals surface area contributed by atoms with Crippen LogP contribution in [0.2, 0.25) is 0 Å². The summed E-state index contributed by atoms with van der Waals surface area (Å²) in [7, 11) is 0. The van der Waals surface area contributed by atoms with Gasteiger partial charge in [0.2, 0.25) is 3.79 Å². The van der Waals surface area contributed by atoms with Crippen LogP contribution in [0.15, 0.2) is 0 Å². The molecule has 0 rings (SSSR count). The molecule has 0 nitrogen and oxygen atoms in total. The minimum absolute atomic E-state index is 1.21. The van der Waals surface area contributed by atoms with Gasteiger partial charge in [0.25, 0.3) is 0 Å². The first-order valence-electron chi connectivity index (χ1n) is 2.24. The van der Waals surface area contributed by atoms with Gasteiger partial charge in [-0.2, -0.15) is 0 Å². The second-order valence-electron chi connectivity index (χ2n) is 1.86. The van der Waals surface area contributed by atoms with Crippen molar-refractivity contribution in [2.75, 3.05) is 0 Å². The predicted octanol–water partition coefficient (Wildman–Crippen LogP) is 3.89. The zero-order valence-corrected chi connectivity index (χ0v) is 8.62. The summed E-state index contributed by atoms with van der Waals surface area (Å²) in [5, 5.41) is 0. The first kappa shape index (κ1) is 11.4. The fourth-order valence-electron chi connectivity index (χ4n) is 0.287. The van der Waals surface area contributed by atoms with Gasteiger partial charge in [0.1, 0.15) is 0 Å². The lowest BCUT2D eigenvalue weighted by Gasteiger charge is -2.24. The summed E-state index contributed by atoms with van der Waals surface area (Å²) in [5.41, 5.74) is 0. The SMILES string of the molecule is CC(Cl)(Cl)C(F)C(Cl)(Cl)Cl. The molecular formula is C4H4Cl5F. The molecule has 0 aliphatic rings. The van der Waals surface area contributed by atoms with Gasteiger partial charge in [0.15, 0.2) is 10.5 Å². The molecule has 0 aliphatic carbocycles. The molecule has 0 radical (unpaired) electrons. The van der Waals surface area contributed by atoms with Crippen LogP contribution in [0.25, 0.3) is 0 Å². The maximum atomic E-state index is 12.8. The van der Waals surface area contributed by atoms with E-state index in [-0.39, 0.29) is 0 Å². The highest BCUT2D eigenvalue weighted by atomic mass is 35.6. The van der Waals surface area contributed by atoms with Gasteiger partial charge >= 0.3 is 0 Å². The first-order valence-corrected chi connectivity index (χ1v) is 4.13. The Morgan fingerprint density at radius 1 is 1.10 bits per heavy atom. The summed E-state index contributed by atoms with van der Waals surface area (Å²) in [6, 6.07) is 0. The van der Waals surface area contributed by atoms with Crippen molar-refractivity contribution in [3.05, 3.63) is 0 Å². The molecule has 10 heavy (non-hydrogen) atoms. The fourth-order valence-corrected chi connectivity index (χ4v) is 1.60. The molecule has 0 N–H and O–H groups in total. The van der Waals surface area contributed by atoms with E-state index in [1.54, 1.807) is 0 Å². The van der Waals surface area contributed by atoms with Crippen molar-refractivity contribution < 1.29 is 4.39 Å². The lowest BCUT2D eigenvalue weighted by atomic mass is 10.3. The Morgan fingerprint density at radius 3 is 1.40 bits per heavy atom. The van der Waals surface area contributed by atoms with Gasteiger partial charge in [-0.3, -0.25) is 0 Å². The van der Waals surface area contributed by atoms with E-state index < -0.39 is 14.3 Å². The minimum Gasteiger partial charge on any atom is -0.239 e. The normalized spacial score (nSPS) is 17.1. The molecule has 0 fully saturated rings. The Morgan fingerprint density at radius 2 is 1.40 bits per heavy atom. The van der Waals surface area contributed by atoms with Gasteiger partial charge in [-0.1, -0.05) is 58.0 Å². The molecule has 0 aromatic carbocycles. The molecule has 1 atom stereocenters. The van der Waals surface area contributed by atoms with Crippen LogP contribution < -0.4 is 0 Å². The zero-order chi connectivity index (χ0) is 8.58. The molecule has 0 aromatic rings. The van der Waals surface area contributed by atoms with E-state index in [0.717, 1.165) is 0 Å². The number of rotatable bonds is 1. The maximum absolute atomic E-state index is 12.8. The Bertz CT molecular complexity index is 97.8. The van der Waals surface area contributed by atoms with Crippen LogP contribution in [0.1, 0.15) is 6.92 Å². The summed E-state index contributed by atoms with van der Waals surface area (Å²) in [4.78, 5) is 0. The molecule has 0 aliphatic heterocycles. The number of halogens is 6. The van der Waals surface area contributed by atoms with Gasteiger partial charge in [0, 0.05) is 0 Å². The zero-order valence-electron chi connectivity index (χ0n) is 4.85. The van der Waals surface area contributed by atoms with Gasteiger partial charge in [-0.15, -0.1) is 0 Å². The Kier molecular flexibility index (Phi) is 3.87. The van der Waals surface area contributed by atoms with E-state index in [1.807, 2.05) is 0 Å². The average Bonchev–Trinajstić information content (AvgIpc) is 1.59. The van der Waals surface area contributed by atoms with Crippen LogP contribution >= 0.6 is 58.0 Å². The largest absolute Gasteiger partial charge is 0.239 e. The molecule has 0 saturated heterocycles. The van der Waals surface area contributed by atoms with Crippen LogP contribution in [0, 0.1) is 0 Å². The second-order valence-corrected chi connectivity index (χ2v) is 5.99. The molecular weight excluding hydrogens is 244 g/mol. The Balaban J connectivity index is 4.23. The van der Waals surface area contributed by atoms with Crippen molar-refractivity contribution in [1.29, 1.82) is 0 Å². The third-order valence-electron chi connectivity index (χ3n) is 0.732. The predicted molar refractivity (Wildman–Crippen MR) is 45.3 cm³/mol. The highest BCUT2D eigenvalue weighted by Gasteiger charge is 2.44. The highest BCUT2D eigenvalue weighted by Crippen LogP contribution is 2.42. The summed E-state index contributed by atoms with van der Waals surface area (Å²) in [5.74, 6) is 0. The number of hydrogen-bond donors (Lipinski definition) is 0. The molecule has 0 aromatic heterocycles. The number of alkyl halides is 6. The van der Waals surface area contributed by atoms with E-state index in [0.29, 0.717) is 0 Å². The maximum Gasteiger partial charge on any atom is 0.224 e. The molecule has 62 valence electrons. The van der Waals surface area contributed by atoms with Crippen LogP contribution in [0.4, 0.5) is 4.39 Å². The van der Waals surface area contributed by atoms with Crippen molar-refractivity contribution in [2.24, 2.45) is 0 Å². The topological polar surface area (TPSA) is 0 Å². The van der Waals surface area contributed by atoms with E-state index in [9.17, 15) is 4.39 Å². The second kappa shape index (κ2) is 3.40. The van der Waals surface area contributed by atoms with Gasteiger partial charge in [0.05, 0.1) is 0 Å². The lowest BCUT2D eigenvalue weighted by Crippen LogP contribution is -2.35. The van der Waals surface area contributed by atoms with Gasteiger partial charge < -0.3 is 0 Å². The van der Waals surface area contributed by atoms with E-state index in [2.05, 4.69) is 0 Å². The third-order valence-corrected chi connectivity index (χ3v) is 1.69. The van der Waals surface area contributed by atoms with Crippen molar-refractivity contribution in [3.8, 4) is 0 Å². The van der Waals surface area contributed by atoms with E-state index >= 15 is 0 Å². The average molecular weight is 248 g/mol. The Labute approximate surface area is 83.5 Å². The quantitative estimate of drug-likeness (QED) is 0.618. The highest BCUT2D eigenvalue weighted by molar-refractivity contribution is 6.69. The molecule has 0 heterocycles.